The maximum absolute atomic E-state index is 12.4. The van der Waals surface area contributed by atoms with Crippen LogP contribution in [0.5, 0.6) is 0 Å². The Morgan fingerprint density at radius 3 is 2.71 bits per heavy atom. The van der Waals surface area contributed by atoms with Crippen molar-refractivity contribution in [3.8, 4) is 0 Å². The van der Waals surface area contributed by atoms with Crippen molar-refractivity contribution in [1.82, 2.24) is 10.2 Å². The van der Waals surface area contributed by atoms with Crippen molar-refractivity contribution in [2.45, 2.75) is 41.6 Å². The van der Waals surface area contributed by atoms with Crippen LogP contribution in [0.15, 0.2) is 26.9 Å². The van der Waals surface area contributed by atoms with Gasteiger partial charge in [-0.1, -0.05) is 66.4 Å². The summed E-state index contributed by atoms with van der Waals surface area (Å²) >= 11 is 10.8. The molecule has 1 aromatic carbocycles. The second kappa shape index (κ2) is 9.08. The molecule has 130 valence electrons. The van der Waals surface area contributed by atoms with Crippen LogP contribution in [0.4, 0.5) is 5.69 Å². The predicted molar refractivity (Wildman–Crippen MR) is 106 cm³/mol. The molecule has 1 atom stereocenters. The van der Waals surface area contributed by atoms with Crippen molar-refractivity contribution in [2.75, 3.05) is 11.1 Å². The molecule has 1 N–H and O–H groups in total. The fourth-order valence-electron chi connectivity index (χ4n) is 1.72. The van der Waals surface area contributed by atoms with Crippen LogP contribution < -0.4 is 5.32 Å². The van der Waals surface area contributed by atoms with E-state index in [2.05, 4.69) is 29.4 Å². The molecule has 2 rings (SSSR count). The topological polar surface area (TPSA) is 54.9 Å². The van der Waals surface area contributed by atoms with Gasteiger partial charge in [-0.25, -0.2) is 0 Å². The summed E-state index contributed by atoms with van der Waals surface area (Å²) in [6, 6.07) is 5.48. The second-order valence-electron chi connectivity index (χ2n) is 5.70. The fourth-order valence-corrected chi connectivity index (χ4v) is 5.04. The molecule has 0 radical (unpaired) electrons. The van der Waals surface area contributed by atoms with E-state index in [0.29, 0.717) is 10.9 Å². The molecule has 0 bridgehead atoms. The Balaban J connectivity index is 1.93. The van der Waals surface area contributed by atoms with Crippen LogP contribution in [-0.2, 0) is 4.79 Å². The number of nitrogens with one attached hydrogen (secondary N) is 1. The Kier molecular flexibility index (Phi) is 7.40. The summed E-state index contributed by atoms with van der Waals surface area (Å²) in [6.07, 6.45) is 0. The second-order valence-corrected chi connectivity index (χ2v) is 9.94. The van der Waals surface area contributed by atoms with Crippen LogP contribution in [0, 0.1) is 12.8 Å². The molecule has 0 saturated heterocycles. The zero-order valence-corrected chi connectivity index (χ0v) is 17.2. The van der Waals surface area contributed by atoms with E-state index in [1.165, 1.54) is 23.1 Å². The van der Waals surface area contributed by atoms with Crippen molar-refractivity contribution >= 4 is 58.1 Å². The van der Waals surface area contributed by atoms with Crippen LogP contribution >= 0.6 is 46.5 Å². The maximum Gasteiger partial charge on any atom is 0.237 e. The van der Waals surface area contributed by atoms with E-state index in [4.69, 9.17) is 11.6 Å². The largest absolute Gasteiger partial charge is 0.325 e. The minimum absolute atomic E-state index is 0.0723. The molecule has 4 nitrogen and oxygen atoms in total. The van der Waals surface area contributed by atoms with Gasteiger partial charge in [-0.05, 0) is 37.5 Å². The normalized spacial score (nSPS) is 12.4. The van der Waals surface area contributed by atoms with Gasteiger partial charge in [0.05, 0.1) is 5.25 Å². The lowest BCUT2D eigenvalue weighted by molar-refractivity contribution is -0.115. The molecule has 0 aliphatic carbocycles. The minimum atomic E-state index is -0.265. The number of carbonyl (C=O) groups excluding carboxylic acids is 1. The molecule has 0 saturated carbocycles. The van der Waals surface area contributed by atoms with Crippen molar-refractivity contribution in [3.63, 3.8) is 0 Å². The van der Waals surface area contributed by atoms with Gasteiger partial charge in [0.25, 0.3) is 0 Å². The van der Waals surface area contributed by atoms with Gasteiger partial charge in [0.1, 0.15) is 0 Å². The number of halogens is 1. The maximum atomic E-state index is 12.4. The number of aromatic nitrogens is 2. The van der Waals surface area contributed by atoms with Gasteiger partial charge in [-0.3, -0.25) is 4.79 Å². The van der Waals surface area contributed by atoms with Gasteiger partial charge in [0, 0.05) is 16.5 Å². The number of benzene rings is 1. The number of rotatable bonds is 7. The first kappa shape index (κ1) is 19.6. The van der Waals surface area contributed by atoms with Gasteiger partial charge < -0.3 is 5.32 Å². The zero-order chi connectivity index (χ0) is 17.7. The standard InChI is InChI=1S/C16H20ClN3OS3/c1-9(2)8-22-15-19-20-16(24-15)23-11(4)14(21)18-13-7-5-6-12(17)10(13)3/h5-7,9,11H,8H2,1-4H3,(H,18,21)/t11-/m1/s1. The summed E-state index contributed by atoms with van der Waals surface area (Å²) in [7, 11) is 0. The summed E-state index contributed by atoms with van der Waals surface area (Å²) in [5, 5.41) is 11.6. The van der Waals surface area contributed by atoms with Gasteiger partial charge in [-0.2, -0.15) is 0 Å². The first-order chi connectivity index (χ1) is 11.4. The van der Waals surface area contributed by atoms with E-state index < -0.39 is 0 Å². The Morgan fingerprint density at radius 2 is 2.00 bits per heavy atom. The van der Waals surface area contributed by atoms with Gasteiger partial charge in [0.15, 0.2) is 8.68 Å². The molecule has 0 unspecified atom stereocenters. The minimum Gasteiger partial charge on any atom is -0.325 e. The smallest absolute Gasteiger partial charge is 0.237 e. The monoisotopic (exact) mass is 401 g/mol. The van der Waals surface area contributed by atoms with E-state index in [9.17, 15) is 4.79 Å². The number of nitrogens with zero attached hydrogens (tertiary/aromatic N) is 2. The first-order valence-electron chi connectivity index (χ1n) is 7.55. The third-order valence-electron chi connectivity index (χ3n) is 3.10. The van der Waals surface area contributed by atoms with Crippen LogP contribution in [0.25, 0.3) is 0 Å². The van der Waals surface area contributed by atoms with E-state index in [1.807, 2.05) is 32.0 Å². The lowest BCUT2D eigenvalue weighted by Gasteiger charge is -2.12. The molecule has 0 aliphatic rings. The number of carbonyl (C=O) groups is 1. The Labute approximate surface area is 160 Å². The van der Waals surface area contributed by atoms with Crippen LogP contribution in [0.2, 0.25) is 5.02 Å². The van der Waals surface area contributed by atoms with E-state index in [0.717, 1.165) is 25.7 Å². The first-order valence-corrected chi connectivity index (χ1v) is 10.6. The molecule has 0 spiro atoms. The van der Waals surface area contributed by atoms with Gasteiger partial charge >= 0.3 is 0 Å². The van der Waals surface area contributed by atoms with Crippen molar-refractivity contribution in [3.05, 3.63) is 28.8 Å². The molecule has 2 aromatic rings. The van der Waals surface area contributed by atoms with E-state index in [1.54, 1.807) is 11.8 Å². The Hall–Kier alpha value is -0.760. The Bertz CT molecular complexity index is 706. The average Bonchev–Trinajstić information content (AvgIpc) is 2.97. The summed E-state index contributed by atoms with van der Waals surface area (Å²) < 4.78 is 1.76. The molecular formula is C16H20ClN3OS3. The predicted octanol–water partition coefficient (Wildman–Crippen LogP) is 5.37. The van der Waals surface area contributed by atoms with Crippen molar-refractivity contribution < 1.29 is 4.79 Å². The number of thioether (sulfide) groups is 2. The van der Waals surface area contributed by atoms with Crippen molar-refractivity contribution in [1.29, 1.82) is 0 Å². The quantitative estimate of drug-likeness (QED) is 0.632. The summed E-state index contributed by atoms with van der Waals surface area (Å²) in [5.74, 6) is 1.56. The van der Waals surface area contributed by atoms with Gasteiger partial charge in [0.2, 0.25) is 5.91 Å². The highest BCUT2D eigenvalue weighted by molar-refractivity contribution is 8.03. The molecule has 1 heterocycles. The third kappa shape index (κ3) is 5.65. The number of hydrogen-bond acceptors (Lipinski definition) is 6. The summed E-state index contributed by atoms with van der Waals surface area (Å²) in [5.41, 5.74) is 1.61. The highest BCUT2D eigenvalue weighted by atomic mass is 35.5. The molecule has 1 aromatic heterocycles. The van der Waals surface area contributed by atoms with Crippen molar-refractivity contribution in [2.24, 2.45) is 5.92 Å². The molecule has 0 fully saturated rings. The van der Waals surface area contributed by atoms with Gasteiger partial charge in [-0.15, -0.1) is 10.2 Å². The fraction of sp³-hybridized carbons (Fsp3) is 0.438. The third-order valence-corrected chi connectivity index (χ3v) is 7.18. The number of amides is 1. The lowest BCUT2D eigenvalue weighted by Crippen LogP contribution is -2.22. The SMILES string of the molecule is Cc1c(Cl)cccc1NC(=O)[C@@H](C)Sc1nnc(SCC(C)C)s1. The molecule has 8 heteroatoms. The summed E-state index contributed by atoms with van der Waals surface area (Å²) in [6.45, 7) is 8.10. The van der Waals surface area contributed by atoms with Crippen LogP contribution in [-0.4, -0.2) is 27.1 Å². The highest BCUT2D eigenvalue weighted by Crippen LogP contribution is 2.32. The number of anilines is 1. The van der Waals surface area contributed by atoms with Crippen LogP contribution in [0.1, 0.15) is 26.3 Å². The Morgan fingerprint density at radius 1 is 1.29 bits per heavy atom. The lowest BCUT2D eigenvalue weighted by atomic mass is 10.2. The number of hydrogen-bond donors (Lipinski definition) is 1. The molecule has 0 aliphatic heterocycles. The van der Waals surface area contributed by atoms with E-state index in [-0.39, 0.29) is 11.2 Å². The molecular weight excluding hydrogens is 382 g/mol. The zero-order valence-electron chi connectivity index (χ0n) is 14.0. The van der Waals surface area contributed by atoms with Crippen LogP contribution in [0.3, 0.4) is 0 Å². The van der Waals surface area contributed by atoms with E-state index >= 15 is 0 Å². The highest BCUT2D eigenvalue weighted by Gasteiger charge is 2.18. The molecule has 1 amide bonds. The average molecular weight is 402 g/mol. The molecule has 24 heavy (non-hydrogen) atoms. The summed E-state index contributed by atoms with van der Waals surface area (Å²) in [4.78, 5) is 12.4.